The summed E-state index contributed by atoms with van der Waals surface area (Å²) in [5, 5.41) is 0. The minimum absolute atomic E-state index is 0.355. The highest BCUT2D eigenvalue weighted by Gasteiger charge is 1.98. The lowest BCUT2D eigenvalue weighted by molar-refractivity contribution is 0.614. The van der Waals surface area contributed by atoms with Crippen molar-refractivity contribution in [2.75, 3.05) is 0 Å². The lowest BCUT2D eigenvalue weighted by atomic mass is 10.1. The quantitative estimate of drug-likeness (QED) is 0.644. The Morgan fingerprint density at radius 2 is 1.88 bits per heavy atom. The summed E-state index contributed by atoms with van der Waals surface area (Å²) in [4.78, 5) is 0.355. The molecule has 0 unspecified atom stereocenters. The van der Waals surface area contributed by atoms with Crippen molar-refractivity contribution in [2.24, 2.45) is 0 Å². The molecule has 0 bridgehead atoms. The van der Waals surface area contributed by atoms with Crippen LogP contribution in [-0.2, 0) is 10.7 Å². The average Bonchev–Trinajstić information content (AvgIpc) is 2.30. The van der Waals surface area contributed by atoms with Crippen LogP contribution in [0.15, 0.2) is 47.4 Å². The molecule has 0 N–H and O–H groups in total. The van der Waals surface area contributed by atoms with Gasteiger partial charge in [0.15, 0.2) is 10.7 Å². The number of thiol groups is 1. The van der Waals surface area contributed by atoms with Gasteiger partial charge in [0.25, 0.3) is 0 Å². The smallest absolute Gasteiger partial charge is 0.168 e. The van der Waals surface area contributed by atoms with Crippen LogP contribution >= 0.6 is 0 Å². The normalized spacial score (nSPS) is 12.6. The zero-order valence-corrected chi connectivity index (χ0v) is 10.4. The zero-order chi connectivity index (χ0) is 12.0. The maximum atomic E-state index is 10.7. The first-order chi connectivity index (χ1) is 7.69. The summed E-state index contributed by atoms with van der Waals surface area (Å²) in [5.41, 5.74) is 2.14. The summed E-state index contributed by atoms with van der Waals surface area (Å²) in [6.07, 6.45) is 7.13. The number of hydrogen-bond donors (Lipinski definition) is 1. The van der Waals surface area contributed by atoms with Crippen LogP contribution in [0.2, 0.25) is 0 Å². The van der Waals surface area contributed by atoms with Crippen molar-refractivity contribution in [3.63, 3.8) is 0 Å². The second-order valence-electron chi connectivity index (χ2n) is 3.36. The lowest BCUT2D eigenvalue weighted by Crippen LogP contribution is -1.84. The molecule has 1 aromatic rings. The van der Waals surface area contributed by atoms with Crippen molar-refractivity contribution in [2.45, 2.75) is 25.2 Å². The van der Waals surface area contributed by atoms with Crippen molar-refractivity contribution < 1.29 is 8.42 Å². The summed E-state index contributed by atoms with van der Waals surface area (Å²) in [6, 6.07) is 6.92. The van der Waals surface area contributed by atoms with Gasteiger partial charge >= 0.3 is 0 Å². The first-order valence-electron chi connectivity index (χ1n) is 5.26. The summed E-state index contributed by atoms with van der Waals surface area (Å²) < 4.78 is 21.5. The summed E-state index contributed by atoms with van der Waals surface area (Å²) in [6.45, 7) is 4.05. The molecule has 0 radical (unpaired) electrons. The molecule has 0 atom stereocenters. The van der Waals surface area contributed by atoms with Crippen molar-refractivity contribution >= 4 is 16.3 Å². The Morgan fingerprint density at radius 1 is 1.25 bits per heavy atom. The van der Waals surface area contributed by atoms with E-state index in [1.807, 2.05) is 31.2 Å². The predicted molar refractivity (Wildman–Crippen MR) is 68.1 cm³/mol. The van der Waals surface area contributed by atoms with Crippen LogP contribution in [0.1, 0.15) is 25.8 Å². The topological polar surface area (TPSA) is 34.1 Å². The van der Waals surface area contributed by atoms with E-state index >= 15 is 0 Å². The van der Waals surface area contributed by atoms with Crippen LogP contribution in [0.5, 0.6) is 0 Å². The van der Waals surface area contributed by atoms with E-state index in [9.17, 15) is 8.42 Å². The molecular formula is C13H16O2S. The molecule has 16 heavy (non-hydrogen) atoms. The molecule has 0 saturated carbocycles. The van der Waals surface area contributed by atoms with Crippen molar-refractivity contribution in [3.8, 4) is 0 Å². The Labute approximate surface area is 98.3 Å². The second-order valence-corrected chi connectivity index (χ2v) is 4.39. The van der Waals surface area contributed by atoms with Crippen LogP contribution in [-0.4, -0.2) is 8.42 Å². The molecule has 0 heterocycles. The molecule has 0 amide bonds. The highest BCUT2D eigenvalue weighted by molar-refractivity contribution is 7.72. The van der Waals surface area contributed by atoms with Gasteiger partial charge in [-0.05, 0) is 36.6 Å². The maximum Gasteiger partial charge on any atom is 0.168 e. The largest absolute Gasteiger partial charge is 0.227 e. The molecule has 86 valence electrons. The first kappa shape index (κ1) is 12.7. The standard InChI is InChI=1S/C13H16O2S/c1-3-5-6-11(4-2)12-7-9-13(10-8-12)16(14)15/h4-10,16H,3H2,1-2H3/b6-5-,11-4+. The Hall–Kier alpha value is -1.35. The maximum absolute atomic E-state index is 10.7. The first-order valence-corrected chi connectivity index (χ1v) is 6.44. The highest BCUT2D eigenvalue weighted by atomic mass is 32.2. The Kier molecular flexibility index (Phi) is 4.99. The highest BCUT2D eigenvalue weighted by Crippen LogP contribution is 2.17. The van der Waals surface area contributed by atoms with E-state index in [2.05, 4.69) is 13.0 Å². The van der Waals surface area contributed by atoms with E-state index in [-0.39, 0.29) is 0 Å². The summed E-state index contributed by atoms with van der Waals surface area (Å²) in [7, 11) is -2.48. The van der Waals surface area contributed by atoms with E-state index in [1.165, 1.54) is 0 Å². The molecule has 0 aliphatic carbocycles. The fourth-order valence-electron chi connectivity index (χ4n) is 1.38. The summed E-state index contributed by atoms with van der Waals surface area (Å²) >= 11 is 0. The van der Waals surface area contributed by atoms with E-state index in [0.29, 0.717) is 4.90 Å². The van der Waals surface area contributed by atoms with Gasteiger partial charge in [-0.2, -0.15) is 0 Å². The zero-order valence-electron chi connectivity index (χ0n) is 9.51. The second kappa shape index (κ2) is 6.28. The SMILES string of the molecule is C/C=C(\C=C/CC)c1ccc([SH](=O)=O)cc1. The van der Waals surface area contributed by atoms with Crippen molar-refractivity contribution in [1.82, 2.24) is 0 Å². The Bertz CT molecular complexity index is 457. The van der Waals surface area contributed by atoms with E-state index in [4.69, 9.17) is 0 Å². The van der Waals surface area contributed by atoms with Gasteiger partial charge in [-0.15, -0.1) is 0 Å². The van der Waals surface area contributed by atoms with Gasteiger partial charge in [-0.3, -0.25) is 0 Å². The van der Waals surface area contributed by atoms with E-state index in [1.54, 1.807) is 12.1 Å². The third-order valence-corrected chi connectivity index (χ3v) is 2.98. The van der Waals surface area contributed by atoms with Gasteiger partial charge in [0.1, 0.15) is 0 Å². The molecule has 0 fully saturated rings. The summed E-state index contributed by atoms with van der Waals surface area (Å²) in [5.74, 6) is 0. The van der Waals surface area contributed by atoms with Crippen molar-refractivity contribution in [3.05, 3.63) is 48.1 Å². The van der Waals surface area contributed by atoms with E-state index < -0.39 is 10.7 Å². The predicted octanol–water partition coefficient (Wildman–Crippen LogP) is 3.03. The number of allylic oxidation sites excluding steroid dienone is 4. The van der Waals surface area contributed by atoms with Crippen LogP contribution < -0.4 is 0 Å². The third kappa shape index (κ3) is 3.35. The number of rotatable bonds is 4. The van der Waals surface area contributed by atoms with Crippen LogP contribution in [0.3, 0.4) is 0 Å². The third-order valence-electron chi connectivity index (χ3n) is 2.26. The molecule has 0 spiro atoms. The minimum atomic E-state index is -2.48. The van der Waals surface area contributed by atoms with Gasteiger partial charge in [0.2, 0.25) is 0 Å². The van der Waals surface area contributed by atoms with Gasteiger partial charge in [-0.25, -0.2) is 8.42 Å². The van der Waals surface area contributed by atoms with Gasteiger partial charge in [0, 0.05) is 0 Å². The molecule has 0 aliphatic rings. The molecule has 0 aromatic heterocycles. The number of benzene rings is 1. The molecule has 3 heteroatoms. The fourth-order valence-corrected chi connectivity index (χ4v) is 1.77. The monoisotopic (exact) mass is 236 g/mol. The molecule has 1 rings (SSSR count). The molecule has 2 nitrogen and oxygen atoms in total. The van der Waals surface area contributed by atoms with Crippen LogP contribution in [0.25, 0.3) is 5.57 Å². The Balaban J connectivity index is 3.00. The van der Waals surface area contributed by atoms with Gasteiger partial charge in [0.05, 0.1) is 4.90 Å². The lowest BCUT2D eigenvalue weighted by Gasteiger charge is -2.01. The molecule has 0 aliphatic heterocycles. The molecule has 1 aromatic carbocycles. The van der Waals surface area contributed by atoms with Crippen LogP contribution in [0.4, 0.5) is 0 Å². The van der Waals surface area contributed by atoms with Crippen molar-refractivity contribution in [1.29, 1.82) is 0 Å². The minimum Gasteiger partial charge on any atom is -0.227 e. The van der Waals surface area contributed by atoms with Gasteiger partial charge in [-0.1, -0.05) is 37.3 Å². The fraction of sp³-hybridized carbons (Fsp3) is 0.231. The van der Waals surface area contributed by atoms with E-state index in [0.717, 1.165) is 17.6 Å². The number of hydrogen-bond acceptors (Lipinski definition) is 2. The Morgan fingerprint density at radius 3 is 2.31 bits per heavy atom. The average molecular weight is 236 g/mol. The molecule has 0 saturated heterocycles. The molecular weight excluding hydrogens is 220 g/mol. The van der Waals surface area contributed by atoms with Gasteiger partial charge < -0.3 is 0 Å². The van der Waals surface area contributed by atoms with Crippen LogP contribution in [0, 0.1) is 0 Å².